The number of hydrogen-bond donors (Lipinski definition) is 0. The molecule has 1 aromatic heterocycles. The lowest BCUT2D eigenvalue weighted by Gasteiger charge is -2.49. The van der Waals surface area contributed by atoms with Gasteiger partial charge in [0.15, 0.2) is 5.82 Å². The summed E-state index contributed by atoms with van der Waals surface area (Å²) in [4.78, 5) is 12.5. The standard InChI is InChI=1S/C18H28N4/c1-13(2)21-7-8-22-16(12-21)11-20(3)17-9-15(10-19-18(17)22)14-5-4-6-14/h9-10,13-14,16H,4-8,11-12H2,1-3H3/t16-/m1/s1. The molecule has 1 aromatic rings. The second kappa shape index (κ2) is 5.41. The van der Waals surface area contributed by atoms with Crippen LogP contribution in [0.1, 0.15) is 44.6 Å². The van der Waals surface area contributed by atoms with E-state index in [0.29, 0.717) is 12.1 Å². The number of pyridine rings is 1. The minimum Gasteiger partial charge on any atom is -0.369 e. The van der Waals surface area contributed by atoms with Crippen LogP contribution in [-0.4, -0.2) is 55.2 Å². The van der Waals surface area contributed by atoms with Gasteiger partial charge in [0.25, 0.3) is 0 Å². The number of anilines is 2. The Kier molecular flexibility index (Phi) is 3.52. The fourth-order valence-corrected chi connectivity index (χ4v) is 4.13. The molecule has 2 fully saturated rings. The Morgan fingerprint density at radius 3 is 2.68 bits per heavy atom. The van der Waals surface area contributed by atoms with Crippen molar-refractivity contribution in [1.29, 1.82) is 0 Å². The maximum atomic E-state index is 4.89. The van der Waals surface area contributed by atoms with Crippen LogP contribution in [0.3, 0.4) is 0 Å². The average Bonchev–Trinajstić information content (AvgIpc) is 2.45. The van der Waals surface area contributed by atoms with Gasteiger partial charge in [0, 0.05) is 45.5 Å². The van der Waals surface area contributed by atoms with Crippen LogP contribution in [0.5, 0.6) is 0 Å². The van der Waals surface area contributed by atoms with E-state index in [0.717, 1.165) is 32.1 Å². The van der Waals surface area contributed by atoms with E-state index >= 15 is 0 Å². The minimum absolute atomic E-state index is 0.579. The van der Waals surface area contributed by atoms with Gasteiger partial charge in [-0.05, 0) is 44.2 Å². The van der Waals surface area contributed by atoms with Gasteiger partial charge in [0.05, 0.1) is 11.7 Å². The Balaban J connectivity index is 1.61. The predicted molar refractivity (Wildman–Crippen MR) is 91.9 cm³/mol. The molecule has 1 saturated heterocycles. The molecular formula is C18H28N4. The molecule has 1 aliphatic carbocycles. The zero-order valence-corrected chi connectivity index (χ0v) is 14.1. The first-order valence-corrected chi connectivity index (χ1v) is 8.85. The number of hydrogen-bond acceptors (Lipinski definition) is 4. The van der Waals surface area contributed by atoms with E-state index in [2.05, 4.69) is 47.9 Å². The van der Waals surface area contributed by atoms with Crippen LogP contribution in [0.4, 0.5) is 11.5 Å². The topological polar surface area (TPSA) is 22.6 Å². The van der Waals surface area contributed by atoms with E-state index in [4.69, 9.17) is 4.98 Å². The second-order valence-electron chi connectivity index (χ2n) is 7.56. The van der Waals surface area contributed by atoms with Crippen molar-refractivity contribution in [2.24, 2.45) is 0 Å². The molecule has 0 N–H and O–H groups in total. The van der Waals surface area contributed by atoms with Gasteiger partial charge in [-0.1, -0.05) is 6.42 Å². The summed E-state index contributed by atoms with van der Waals surface area (Å²) in [6.45, 7) is 9.15. The highest BCUT2D eigenvalue weighted by atomic mass is 15.4. The van der Waals surface area contributed by atoms with Crippen LogP contribution in [0.25, 0.3) is 0 Å². The third kappa shape index (κ3) is 2.28. The van der Waals surface area contributed by atoms with E-state index in [1.54, 1.807) is 0 Å². The lowest BCUT2D eigenvalue weighted by Crippen LogP contribution is -2.60. The molecule has 0 amide bonds. The predicted octanol–water partition coefficient (Wildman–Crippen LogP) is 2.70. The second-order valence-corrected chi connectivity index (χ2v) is 7.56. The van der Waals surface area contributed by atoms with Crippen molar-refractivity contribution in [3.8, 4) is 0 Å². The smallest absolute Gasteiger partial charge is 0.152 e. The quantitative estimate of drug-likeness (QED) is 0.837. The van der Waals surface area contributed by atoms with E-state index in [1.807, 2.05) is 0 Å². The van der Waals surface area contributed by atoms with Gasteiger partial charge in [-0.2, -0.15) is 0 Å². The Morgan fingerprint density at radius 1 is 1.18 bits per heavy atom. The Morgan fingerprint density at radius 2 is 2.00 bits per heavy atom. The summed E-state index contributed by atoms with van der Waals surface area (Å²) in [6, 6.07) is 3.63. The highest BCUT2D eigenvalue weighted by molar-refractivity contribution is 5.71. The van der Waals surface area contributed by atoms with Crippen LogP contribution in [0.2, 0.25) is 0 Å². The molecule has 1 saturated carbocycles. The summed E-state index contributed by atoms with van der Waals surface area (Å²) in [5.41, 5.74) is 2.80. The lowest BCUT2D eigenvalue weighted by molar-refractivity contribution is 0.179. The number of piperazine rings is 1. The van der Waals surface area contributed by atoms with Gasteiger partial charge >= 0.3 is 0 Å². The Hall–Kier alpha value is -1.29. The van der Waals surface area contributed by atoms with Gasteiger partial charge in [0.2, 0.25) is 0 Å². The van der Waals surface area contributed by atoms with Gasteiger partial charge in [0.1, 0.15) is 0 Å². The van der Waals surface area contributed by atoms with Gasteiger partial charge < -0.3 is 9.80 Å². The molecule has 120 valence electrons. The van der Waals surface area contributed by atoms with Crippen molar-refractivity contribution in [2.45, 2.75) is 51.1 Å². The first-order valence-electron chi connectivity index (χ1n) is 8.85. The van der Waals surface area contributed by atoms with Gasteiger partial charge in [-0.15, -0.1) is 0 Å². The van der Waals surface area contributed by atoms with Crippen molar-refractivity contribution in [3.63, 3.8) is 0 Å². The minimum atomic E-state index is 0.579. The molecule has 1 atom stereocenters. The van der Waals surface area contributed by atoms with Gasteiger partial charge in [-0.3, -0.25) is 4.90 Å². The molecule has 4 heteroatoms. The highest BCUT2D eigenvalue weighted by Gasteiger charge is 2.36. The first kappa shape index (κ1) is 14.3. The highest BCUT2D eigenvalue weighted by Crippen LogP contribution is 2.41. The number of rotatable bonds is 2. The van der Waals surface area contributed by atoms with Crippen molar-refractivity contribution in [1.82, 2.24) is 9.88 Å². The molecule has 0 aromatic carbocycles. The largest absolute Gasteiger partial charge is 0.369 e. The molecule has 3 heterocycles. The van der Waals surface area contributed by atoms with Crippen molar-refractivity contribution < 1.29 is 0 Å². The zero-order chi connectivity index (χ0) is 15.3. The Labute approximate surface area is 134 Å². The lowest BCUT2D eigenvalue weighted by atomic mass is 9.80. The third-order valence-electron chi connectivity index (χ3n) is 5.86. The van der Waals surface area contributed by atoms with E-state index < -0.39 is 0 Å². The third-order valence-corrected chi connectivity index (χ3v) is 5.86. The number of aromatic nitrogens is 1. The Bertz CT molecular complexity index is 552. The molecule has 4 rings (SSSR count). The molecule has 4 nitrogen and oxygen atoms in total. The van der Waals surface area contributed by atoms with Gasteiger partial charge in [-0.25, -0.2) is 4.98 Å². The van der Waals surface area contributed by atoms with Crippen LogP contribution < -0.4 is 9.80 Å². The van der Waals surface area contributed by atoms with Crippen molar-refractivity contribution >= 4 is 11.5 Å². The van der Waals surface area contributed by atoms with E-state index in [9.17, 15) is 0 Å². The molecular weight excluding hydrogens is 272 g/mol. The SMILES string of the molecule is CC(C)N1CCN2c3ncc(C4CCC4)cc3N(C)C[C@@H]2C1. The van der Waals surface area contributed by atoms with Crippen LogP contribution in [-0.2, 0) is 0 Å². The van der Waals surface area contributed by atoms with E-state index in [-0.39, 0.29) is 0 Å². The maximum Gasteiger partial charge on any atom is 0.152 e. The summed E-state index contributed by atoms with van der Waals surface area (Å²) in [7, 11) is 2.23. The van der Waals surface area contributed by atoms with Crippen LogP contribution in [0.15, 0.2) is 12.3 Å². The number of fused-ring (bicyclic) bond motifs is 3. The summed E-state index contributed by atoms with van der Waals surface area (Å²) >= 11 is 0. The molecule has 22 heavy (non-hydrogen) atoms. The number of nitrogens with zero attached hydrogens (tertiary/aromatic N) is 4. The zero-order valence-electron chi connectivity index (χ0n) is 14.1. The average molecular weight is 300 g/mol. The van der Waals surface area contributed by atoms with E-state index in [1.165, 1.54) is 36.3 Å². The molecule has 0 radical (unpaired) electrons. The van der Waals surface area contributed by atoms with Crippen molar-refractivity contribution in [2.75, 3.05) is 43.0 Å². The summed E-state index contributed by atoms with van der Waals surface area (Å²) in [5, 5.41) is 0. The molecule has 0 spiro atoms. The van der Waals surface area contributed by atoms with Crippen LogP contribution in [0, 0.1) is 0 Å². The summed E-state index contributed by atoms with van der Waals surface area (Å²) in [6.07, 6.45) is 6.23. The first-order chi connectivity index (χ1) is 10.6. The fraction of sp³-hybridized carbons (Fsp3) is 0.722. The number of likely N-dealkylation sites (N-methyl/N-ethyl adjacent to an activating group) is 1. The summed E-state index contributed by atoms with van der Waals surface area (Å²) < 4.78 is 0. The summed E-state index contributed by atoms with van der Waals surface area (Å²) in [5.74, 6) is 1.98. The molecule has 3 aliphatic rings. The molecule has 0 bridgehead atoms. The molecule has 0 unspecified atom stereocenters. The fourth-order valence-electron chi connectivity index (χ4n) is 4.13. The monoisotopic (exact) mass is 300 g/mol. The maximum absolute atomic E-state index is 4.89. The van der Waals surface area contributed by atoms with Crippen LogP contribution >= 0.6 is 0 Å². The normalized spacial score (nSPS) is 25.9. The van der Waals surface area contributed by atoms with Crippen molar-refractivity contribution in [3.05, 3.63) is 17.8 Å². The molecule has 2 aliphatic heterocycles.